The van der Waals surface area contributed by atoms with Gasteiger partial charge in [0.25, 0.3) is 0 Å². The van der Waals surface area contributed by atoms with Crippen LogP contribution in [0.25, 0.3) is 11.5 Å². The molecule has 0 unspecified atom stereocenters. The van der Waals surface area contributed by atoms with Crippen molar-refractivity contribution in [2.24, 2.45) is 0 Å². The Labute approximate surface area is 174 Å². The minimum atomic E-state index is -3.78. The molecule has 0 bridgehead atoms. The lowest BCUT2D eigenvalue weighted by Crippen LogP contribution is -2.26. The molecule has 0 aliphatic carbocycles. The first-order valence-electron chi connectivity index (χ1n) is 9.28. The summed E-state index contributed by atoms with van der Waals surface area (Å²) < 4.78 is 43.1. The number of rotatable bonds is 9. The smallest absolute Gasteiger partial charge is 0.338 e. The zero-order valence-corrected chi connectivity index (χ0v) is 17.4. The van der Waals surface area contributed by atoms with Gasteiger partial charge in [-0.05, 0) is 49.4 Å². The predicted octanol–water partition coefficient (Wildman–Crippen LogP) is 3.05. The average molecular weight is 430 g/mol. The predicted molar refractivity (Wildman–Crippen MR) is 110 cm³/mol. The van der Waals surface area contributed by atoms with Crippen LogP contribution in [0, 0.1) is 0 Å². The lowest BCUT2D eigenvalue weighted by Gasteiger charge is -2.07. The molecule has 1 N–H and O–H groups in total. The lowest BCUT2D eigenvalue weighted by molar-refractivity contribution is 0.0526. The topological polar surface area (TPSA) is 108 Å². The first-order chi connectivity index (χ1) is 14.4. The number of hydrogen-bond donors (Lipinski definition) is 1. The van der Waals surface area contributed by atoms with Crippen molar-refractivity contribution in [3.05, 3.63) is 66.1 Å². The van der Waals surface area contributed by atoms with E-state index in [0.717, 1.165) is 11.3 Å². The second-order valence-electron chi connectivity index (χ2n) is 6.27. The van der Waals surface area contributed by atoms with Gasteiger partial charge in [0.1, 0.15) is 12.0 Å². The molecule has 0 aliphatic rings. The van der Waals surface area contributed by atoms with E-state index >= 15 is 0 Å². The second kappa shape index (κ2) is 9.55. The van der Waals surface area contributed by atoms with Gasteiger partial charge in [0.2, 0.25) is 15.9 Å². The maximum absolute atomic E-state index is 12.5. The molecule has 158 valence electrons. The van der Waals surface area contributed by atoms with E-state index in [2.05, 4.69) is 9.71 Å². The molecule has 0 spiro atoms. The Morgan fingerprint density at radius 3 is 2.63 bits per heavy atom. The average Bonchev–Trinajstić information content (AvgIpc) is 3.23. The summed E-state index contributed by atoms with van der Waals surface area (Å²) in [5.74, 6) is 0.604. The number of nitrogens with one attached hydrogen (secondary N) is 1. The molecule has 30 heavy (non-hydrogen) atoms. The molecule has 1 aromatic heterocycles. The summed E-state index contributed by atoms with van der Waals surface area (Å²) in [4.78, 5) is 16.2. The molecule has 3 aromatic rings. The minimum absolute atomic E-state index is 0.00729. The maximum atomic E-state index is 12.5. The Bertz CT molecular complexity index is 1110. The fraction of sp³-hybridized carbons (Fsp3) is 0.238. The fourth-order valence-corrected chi connectivity index (χ4v) is 3.77. The van der Waals surface area contributed by atoms with Gasteiger partial charge in [-0.3, -0.25) is 0 Å². The zero-order valence-electron chi connectivity index (χ0n) is 16.6. The number of carbonyl (C=O) groups excluding carboxylic acids is 1. The summed E-state index contributed by atoms with van der Waals surface area (Å²) in [6, 6.07) is 13.0. The van der Waals surface area contributed by atoms with Crippen molar-refractivity contribution in [3.8, 4) is 17.2 Å². The third-order valence-corrected chi connectivity index (χ3v) is 5.68. The molecular weight excluding hydrogens is 408 g/mol. The highest BCUT2D eigenvalue weighted by Crippen LogP contribution is 2.22. The summed E-state index contributed by atoms with van der Waals surface area (Å²) in [6.45, 7) is 2.02. The number of sulfonamides is 1. The van der Waals surface area contributed by atoms with Gasteiger partial charge in [0.15, 0.2) is 0 Å². The third-order valence-electron chi connectivity index (χ3n) is 4.22. The number of esters is 1. The highest BCUT2D eigenvalue weighted by Gasteiger charge is 2.17. The molecule has 0 amide bonds. The van der Waals surface area contributed by atoms with E-state index in [1.165, 1.54) is 30.5 Å². The zero-order chi connectivity index (χ0) is 21.6. The second-order valence-corrected chi connectivity index (χ2v) is 8.04. The molecule has 8 nitrogen and oxygen atoms in total. The Balaban J connectivity index is 1.61. The van der Waals surface area contributed by atoms with Gasteiger partial charge in [-0.1, -0.05) is 6.07 Å². The molecule has 0 radical (unpaired) electrons. The van der Waals surface area contributed by atoms with Crippen LogP contribution in [0.5, 0.6) is 5.75 Å². The van der Waals surface area contributed by atoms with Gasteiger partial charge in [-0.2, -0.15) is 0 Å². The Morgan fingerprint density at radius 2 is 1.93 bits per heavy atom. The molecule has 2 aromatic carbocycles. The molecule has 0 aliphatic heterocycles. The van der Waals surface area contributed by atoms with Gasteiger partial charge in [0, 0.05) is 18.5 Å². The number of oxazole rings is 1. The van der Waals surface area contributed by atoms with Gasteiger partial charge < -0.3 is 13.9 Å². The molecule has 1 heterocycles. The maximum Gasteiger partial charge on any atom is 0.338 e. The number of aromatic nitrogens is 1. The Hall–Kier alpha value is -3.17. The van der Waals surface area contributed by atoms with Crippen molar-refractivity contribution in [2.75, 3.05) is 20.3 Å². The van der Waals surface area contributed by atoms with Gasteiger partial charge >= 0.3 is 5.97 Å². The quantitative estimate of drug-likeness (QED) is 0.520. The Morgan fingerprint density at radius 1 is 1.17 bits per heavy atom. The van der Waals surface area contributed by atoms with E-state index in [4.69, 9.17) is 13.9 Å². The number of carbonyl (C=O) groups is 1. The summed E-state index contributed by atoms with van der Waals surface area (Å²) >= 11 is 0. The summed E-state index contributed by atoms with van der Waals surface area (Å²) in [5.41, 5.74) is 1.59. The SMILES string of the molecule is CCOC(=O)c1cccc(S(=O)(=O)NCCc2coc(-c3ccc(OC)cc3)n2)c1. The van der Waals surface area contributed by atoms with Gasteiger partial charge in [0.05, 0.1) is 29.9 Å². The highest BCUT2D eigenvalue weighted by atomic mass is 32.2. The fourth-order valence-electron chi connectivity index (χ4n) is 2.69. The number of hydrogen-bond acceptors (Lipinski definition) is 7. The van der Waals surface area contributed by atoms with Gasteiger partial charge in [-0.15, -0.1) is 0 Å². The highest BCUT2D eigenvalue weighted by molar-refractivity contribution is 7.89. The standard InChI is InChI=1S/C21H22N2O6S/c1-3-28-21(24)16-5-4-6-19(13-16)30(25,26)22-12-11-17-14-29-20(23-17)15-7-9-18(27-2)10-8-15/h4-10,13-14,22H,3,11-12H2,1-2H3. The largest absolute Gasteiger partial charge is 0.497 e. The van der Waals surface area contributed by atoms with Crippen LogP contribution in [0.15, 0.2) is 64.1 Å². The monoisotopic (exact) mass is 430 g/mol. The number of nitrogens with zero attached hydrogens (tertiary/aromatic N) is 1. The van der Waals surface area contributed by atoms with Crippen LogP contribution < -0.4 is 9.46 Å². The van der Waals surface area contributed by atoms with Crippen LogP contribution >= 0.6 is 0 Å². The van der Waals surface area contributed by atoms with Crippen molar-refractivity contribution in [3.63, 3.8) is 0 Å². The normalized spacial score (nSPS) is 11.3. The first-order valence-corrected chi connectivity index (χ1v) is 10.8. The molecule has 0 atom stereocenters. The van der Waals surface area contributed by atoms with Gasteiger partial charge in [-0.25, -0.2) is 22.9 Å². The van der Waals surface area contributed by atoms with E-state index < -0.39 is 16.0 Å². The van der Waals surface area contributed by atoms with Crippen molar-refractivity contribution in [2.45, 2.75) is 18.2 Å². The van der Waals surface area contributed by atoms with Crippen LogP contribution in [0.1, 0.15) is 23.0 Å². The van der Waals surface area contributed by atoms with Crippen LogP contribution in [0.2, 0.25) is 0 Å². The summed E-state index contributed by atoms with van der Waals surface area (Å²) in [6.07, 6.45) is 1.84. The first kappa shape index (κ1) is 21.5. The number of benzene rings is 2. The molecule has 9 heteroatoms. The molecule has 3 rings (SSSR count). The molecule has 0 saturated carbocycles. The molecule has 0 fully saturated rings. The number of ether oxygens (including phenoxy) is 2. The Kier molecular flexibility index (Phi) is 6.86. The van der Waals surface area contributed by atoms with Crippen LogP contribution in [0.4, 0.5) is 0 Å². The van der Waals surface area contributed by atoms with Crippen molar-refractivity contribution < 1.29 is 27.1 Å². The molecule has 0 saturated heterocycles. The summed E-state index contributed by atoms with van der Waals surface area (Å²) in [7, 11) is -2.19. The van der Waals surface area contributed by atoms with E-state index in [9.17, 15) is 13.2 Å². The minimum Gasteiger partial charge on any atom is -0.497 e. The van der Waals surface area contributed by atoms with Crippen LogP contribution in [-0.4, -0.2) is 39.6 Å². The van der Waals surface area contributed by atoms with Crippen LogP contribution in [0.3, 0.4) is 0 Å². The van der Waals surface area contributed by atoms with Crippen molar-refractivity contribution in [1.82, 2.24) is 9.71 Å². The van der Waals surface area contributed by atoms with E-state index in [1.807, 2.05) is 12.1 Å². The lowest BCUT2D eigenvalue weighted by atomic mass is 10.2. The molecular formula is C21H22N2O6S. The van der Waals surface area contributed by atoms with Crippen LogP contribution in [-0.2, 0) is 21.2 Å². The third kappa shape index (κ3) is 5.25. The van der Waals surface area contributed by atoms with E-state index in [0.29, 0.717) is 18.0 Å². The van der Waals surface area contributed by atoms with E-state index in [-0.39, 0.29) is 23.6 Å². The summed E-state index contributed by atoms with van der Waals surface area (Å²) in [5, 5.41) is 0. The van der Waals surface area contributed by atoms with Crippen molar-refractivity contribution >= 4 is 16.0 Å². The van der Waals surface area contributed by atoms with Crippen molar-refractivity contribution in [1.29, 1.82) is 0 Å². The van der Waals surface area contributed by atoms with E-state index in [1.54, 1.807) is 26.2 Å². The number of methoxy groups -OCH3 is 1.